The quantitative estimate of drug-likeness (QED) is 0.488. The summed E-state index contributed by atoms with van der Waals surface area (Å²) in [6.45, 7) is 14.6. The lowest BCUT2D eigenvalue weighted by atomic mass is 9.44. The van der Waals surface area contributed by atoms with E-state index < -0.39 is 0 Å². The smallest absolute Gasteiger partial charge is 0.0543 e. The number of hydrogen-bond donors (Lipinski definition) is 1. The molecular formula is C27H46O. The van der Waals surface area contributed by atoms with Crippen molar-refractivity contribution in [3.63, 3.8) is 0 Å². The molecule has 0 aromatic carbocycles. The fourth-order valence-electron chi connectivity index (χ4n) is 8.82. The van der Waals surface area contributed by atoms with Gasteiger partial charge in [0.2, 0.25) is 0 Å². The largest absolute Gasteiger partial charge is 0.393 e. The van der Waals surface area contributed by atoms with Gasteiger partial charge in [0.15, 0.2) is 0 Å². The Kier molecular flexibility index (Phi) is 5.80. The van der Waals surface area contributed by atoms with E-state index in [0.29, 0.717) is 10.8 Å². The topological polar surface area (TPSA) is 20.2 Å². The van der Waals surface area contributed by atoms with Crippen LogP contribution in [0.2, 0.25) is 0 Å². The Morgan fingerprint density at radius 3 is 2.43 bits per heavy atom. The number of fused-ring (bicyclic) bond motifs is 5. The van der Waals surface area contributed by atoms with Gasteiger partial charge in [-0.2, -0.15) is 0 Å². The standard InChI is InChI=1S/C27H46O/c1-18(2)7-6-8-19(3)23-11-12-24-22-10-9-20-17-21(28)13-15-26(20,4)25(22)14-16-27(23,24)5/h18,20-25,28H,3,6-17H2,1-2,4-5H3/t20?,21-,22?,23+,24?,25?,26-,27+/m0/s1. The predicted octanol–water partition coefficient (Wildman–Crippen LogP) is 7.39. The molecule has 1 N–H and O–H groups in total. The van der Waals surface area contributed by atoms with Crippen molar-refractivity contribution >= 4 is 0 Å². The second-order valence-electron chi connectivity index (χ2n) is 12.2. The third-order valence-corrected chi connectivity index (χ3v) is 10.4. The molecule has 8 atom stereocenters. The molecule has 0 spiro atoms. The van der Waals surface area contributed by atoms with E-state index in [2.05, 4.69) is 34.3 Å². The Hall–Kier alpha value is -0.300. The van der Waals surface area contributed by atoms with Gasteiger partial charge in [-0.05, 0) is 117 Å². The summed E-state index contributed by atoms with van der Waals surface area (Å²) in [6, 6.07) is 0. The van der Waals surface area contributed by atoms with Crippen molar-refractivity contribution in [1.29, 1.82) is 0 Å². The van der Waals surface area contributed by atoms with Gasteiger partial charge in [-0.1, -0.05) is 46.3 Å². The molecule has 1 nitrogen and oxygen atoms in total. The zero-order chi connectivity index (χ0) is 20.1. The molecule has 0 saturated heterocycles. The minimum atomic E-state index is -0.0199. The Morgan fingerprint density at radius 2 is 1.68 bits per heavy atom. The Morgan fingerprint density at radius 1 is 0.964 bits per heavy atom. The van der Waals surface area contributed by atoms with E-state index in [-0.39, 0.29) is 6.10 Å². The molecular weight excluding hydrogens is 340 g/mol. The van der Waals surface area contributed by atoms with Gasteiger partial charge in [-0.15, -0.1) is 0 Å². The van der Waals surface area contributed by atoms with Crippen molar-refractivity contribution in [2.24, 2.45) is 46.3 Å². The van der Waals surface area contributed by atoms with Gasteiger partial charge in [0.25, 0.3) is 0 Å². The van der Waals surface area contributed by atoms with Crippen LogP contribution in [0.5, 0.6) is 0 Å². The van der Waals surface area contributed by atoms with Crippen LogP contribution in [-0.2, 0) is 0 Å². The van der Waals surface area contributed by atoms with E-state index in [1.165, 1.54) is 64.2 Å². The first-order valence-corrected chi connectivity index (χ1v) is 12.6. The molecule has 0 aliphatic heterocycles. The first kappa shape index (κ1) is 21.0. The summed E-state index contributed by atoms with van der Waals surface area (Å²) in [4.78, 5) is 0. The molecule has 0 aromatic heterocycles. The molecule has 4 aliphatic rings. The minimum absolute atomic E-state index is 0.0199. The van der Waals surface area contributed by atoms with E-state index in [0.717, 1.165) is 48.3 Å². The van der Waals surface area contributed by atoms with Crippen molar-refractivity contribution in [2.45, 2.75) is 111 Å². The van der Waals surface area contributed by atoms with Crippen LogP contribution in [0, 0.1) is 46.3 Å². The fourth-order valence-corrected chi connectivity index (χ4v) is 8.82. The zero-order valence-electron chi connectivity index (χ0n) is 19.2. The summed E-state index contributed by atoms with van der Waals surface area (Å²) >= 11 is 0. The summed E-state index contributed by atoms with van der Waals surface area (Å²) in [7, 11) is 0. The molecule has 4 saturated carbocycles. The van der Waals surface area contributed by atoms with Crippen molar-refractivity contribution < 1.29 is 5.11 Å². The van der Waals surface area contributed by atoms with Gasteiger partial charge in [0.1, 0.15) is 0 Å². The highest BCUT2D eigenvalue weighted by atomic mass is 16.3. The van der Waals surface area contributed by atoms with E-state index in [1.807, 2.05) is 0 Å². The Balaban J connectivity index is 1.47. The molecule has 0 heterocycles. The maximum Gasteiger partial charge on any atom is 0.0543 e. The van der Waals surface area contributed by atoms with Crippen molar-refractivity contribution in [3.05, 3.63) is 12.2 Å². The van der Waals surface area contributed by atoms with Crippen LogP contribution in [0.1, 0.15) is 105 Å². The number of hydrogen-bond acceptors (Lipinski definition) is 1. The lowest BCUT2D eigenvalue weighted by molar-refractivity contribution is -0.124. The average molecular weight is 387 g/mol. The SMILES string of the molecule is C=C(CCCC(C)C)[C@H]1CCC2C3CCC4C[C@@H](O)CC[C@]4(C)C3CC[C@@]21C. The van der Waals surface area contributed by atoms with Gasteiger partial charge in [-0.25, -0.2) is 0 Å². The highest BCUT2D eigenvalue weighted by Crippen LogP contribution is 2.68. The summed E-state index contributed by atoms with van der Waals surface area (Å²) in [5, 5.41) is 10.2. The first-order valence-electron chi connectivity index (χ1n) is 12.6. The van der Waals surface area contributed by atoms with Gasteiger partial charge >= 0.3 is 0 Å². The van der Waals surface area contributed by atoms with Crippen molar-refractivity contribution in [3.8, 4) is 0 Å². The molecule has 4 rings (SSSR count). The molecule has 0 aromatic rings. The van der Waals surface area contributed by atoms with Crippen LogP contribution in [0.25, 0.3) is 0 Å². The number of allylic oxidation sites excluding steroid dienone is 1. The van der Waals surface area contributed by atoms with Crippen molar-refractivity contribution in [1.82, 2.24) is 0 Å². The van der Waals surface area contributed by atoms with E-state index in [9.17, 15) is 5.11 Å². The van der Waals surface area contributed by atoms with Crippen LogP contribution >= 0.6 is 0 Å². The predicted molar refractivity (Wildman–Crippen MR) is 119 cm³/mol. The molecule has 4 fully saturated rings. The highest BCUT2D eigenvalue weighted by molar-refractivity contribution is 5.16. The average Bonchev–Trinajstić information content (AvgIpc) is 2.99. The third-order valence-electron chi connectivity index (χ3n) is 10.4. The first-order chi connectivity index (χ1) is 13.3. The van der Waals surface area contributed by atoms with Crippen molar-refractivity contribution in [2.75, 3.05) is 0 Å². The van der Waals surface area contributed by atoms with Gasteiger partial charge in [0.05, 0.1) is 6.10 Å². The van der Waals surface area contributed by atoms with Crippen LogP contribution in [0.4, 0.5) is 0 Å². The Bertz CT molecular complexity index is 579. The normalized spacial score (nSPS) is 48.1. The maximum atomic E-state index is 10.2. The molecule has 1 heteroatoms. The molecule has 160 valence electrons. The third kappa shape index (κ3) is 3.42. The number of aliphatic hydroxyl groups is 1. The lowest BCUT2D eigenvalue weighted by Crippen LogP contribution is -2.54. The molecule has 4 unspecified atom stereocenters. The summed E-state index contributed by atoms with van der Waals surface area (Å²) in [6.07, 6.45) is 15.9. The highest BCUT2D eigenvalue weighted by Gasteiger charge is 2.60. The van der Waals surface area contributed by atoms with E-state index in [4.69, 9.17) is 0 Å². The zero-order valence-corrected chi connectivity index (χ0v) is 19.2. The van der Waals surface area contributed by atoms with Crippen LogP contribution in [0.3, 0.4) is 0 Å². The van der Waals surface area contributed by atoms with Crippen LogP contribution < -0.4 is 0 Å². The minimum Gasteiger partial charge on any atom is -0.393 e. The van der Waals surface area contributed by atoms with Gasteiger partial charge in [0, 0.05) is 0 Å². The van der Waals surface area contributed by atoms with Gasteiger partial charge < -0.3 is 5.11 Å². The lowest BCUT2D eigenvalue weighted by Gasteiger charge is -2.61. The van der Waals surface area contributed by atoms with E-state index in [1.54, 1.807) is 5.57 Å². The molecule has 28 heavy (non-hydrogen) atoms. The maximum absolute atomic E-state index is 10.2. The summed E-state index contributed by atoms with van der Waals surface area (Å²) in [5.74, 6) is 5.19. The molecule has 0 amide bonds. The van der Waals surface area contributed by atoms with Crippen LogP contribution in [0.15, 0.2) is 12.2 Å². The molecule has 4 aliphatic carbocycles. The number of aliphatic hydroxyl groups excluding tert-OH is 1. The second kappa shape index (κ2) is 7.75. The summed E-state index contributed by atoms with van der Waals surface area (Å²) in [5.41, 5.74) is 2.62. The molecule has 0 bridgehead atoms. The second-order valence-corrected chi connectivity index (χ2v) is 12.2. The monoisotopic (exact) mass is 386 g/mol. The summed E-state index contributed by atoms with van der Waals surface area (Å²) < 4.78 is 0. The fraction of sp³-hybridized carbons (Fsp3) is 0.926. The Labute approximate surface area is 174 Å². The van der Waals surface area contributed by atoms with Gasteiger partial charge in [-0.3, -0.25) is 0 Å². The number of rotatable bonds is 5. The molecule has 0 radical (unpaired) electrons. The van der Waals surface area contributed by atoms with E-state index >= 15 is 0 Å². The van der Waals surface area contributed by atoms with Crippen LogP contribution in [-0.4, -0.2) is 11.2 Å².